The molecule has 1 aromatic heterocycles. The lowest BCUT2D eigenvalue weighted by Gasteiger charge is -2.05. The molecular weight excluding hydrogens is 387 g/mol. The second-order valence-corrected chi connectivity index (χ2v) is 6.79. The highest BCUT2D eigenvalue weighted by Crippen LogP contribution is 2.32. The number of hydrogen-bond donors (Lipinski definition) is 2. The zero-order valence-electron chi connectivity index (χ0n) is 11.0. The summed E-state index contributed by atoms with van der Waals surface area (Å²) < 4.78 is 0.976. The number of anilines is 1. The summed E-state index contributed by atoms with van der Waals surface area (Å²) in [6.07, 6.45) is 0. The molecule has 0 atom stereocenters. The highest BCUT2D eigenvalue weighted by molar-refractivity contribution is 14.1. The number of rotatable bonds is 3. The lowest BCUT2D eigenvalue weighted by Crippen LogP contribution is -2.17. The number of carbonyl (C=O) groups excluding carboxylic acids is 2. The van der Waals surface area contributed by atoms with Gasteiger partial charge >= 0.3 is 0 Å². The molecule has 0 fully saturated rings. The molecule has 0 aliphatic rings. The Kier molecular flexibility index (Phi) is 4.44. The van der Waals surface area contributed by atoms with Gasteiger partial charge in [-0.05, 0) is 60.2 Å². The Bertz CT molecular complexity index is 694. The maximum absolute atomic E-state index is 12.2. The second-order valence-electron chi connectivity index (χ2n) is 4.32. The molecule has 0 bridgehead atoms. The molecule has 1 aromatic carbocycles. The molecule has 0 aliphatic heterocycles. The van der Waals surface area contributed by atoms with Crippen molar-refractivity contribution >= 4 is 50.7 Å². The summed E-state index contributed by atoms with van der Waals surface area (Å²) in [6, 6.07) is 7.24. The molecule has 0 spiro atoms. The van der Waals surface area contributed by atoms with Crippen LogP contribution < -0.4 is 11.1 Å². The number of halogens is 1. The lowest BCUT2D eigenvalue weighted by atomic mass is 10.1. The number of primary amides is 1. The van der Waals surface area contributed by atoms with E-state index in [0.717, 1.165) is 14.0 Å². The second kappa shape index (κ2) is 5.92. The first-order valence-corrected chi connectivity index (χ1v) is 7.76. The van der Waals surface area contributed by atoms with E-state index in [1.54, 1.807) is 12.1 Å². The average Bonchev–Trinajstić information content (AvgIpc) is 2.64. The minimum absolute atomic E-state index is 0.243. The number of nitrogens with two attached hydrogens (primary N) is 1. The van der Waals surface area contributed by atoms with Crippen LogP contribution in [0.25, 0.3) is 0 Å². The Morgan fingerprint density at radius 1 is 1.30 bits per heavy atom. The minimum atomic E-state index is -0.523. The number of aryl methyl sites for hydroxylation is 1. The quantitative estimate of drug-likeness (QED) is 0.776. The van der Waals surface area contributed by atoms with E-state index in [1.165, 1.54) is 11.3 Å². The van der Waals surface area contributed by atoms with Crippen LogP contribution in [0.2, 0.25) is 0 Å². The summed E-state index contributed by atoms with van der Waals surface area (Å²) >= 11 is 3.51. The Balaban J connectivity index is 2.33. The molecule has 2 rings (SSSR count). The van der Waals surface area contributed by atoms with Crippen molar-refractivity contribution in [1.29, 1.82) is 0 Å². The predicted octanol–water partition coefficient (Wildman–Crippen LogP) is 3.32. The van der Waals surface area contributed by atoms with Gasteiger partial charge in [0.2, 0.25) is 0 Å². The van der Waals surface area contributed by atoms with E-state index in [2.05, 4.69) is 27.9 Å². The first kappa shape index (κ1) is 15.0. The summed E-state index contributed by atoms with van der Waals surface area (Å²) in [4.78, 5) is 24.7. The Morgan fingerprint density at radius 2 is 2.00 bits per heavy atom. The van der Waals surface area contributed by atoms with Crippen molar-refractivity contribution in [2.75, 3.05) is 5.32 Å². The minimum Gasteiger partial charge on any atom is -0.365 e. The Morgan fingerprint density at radius 3 is 2.60 bits per heavy atom. The highest BCUT2D eigenvalue weighted by atomic mass is 127. The summed E-state index contributed by atoms with van der Waals surface area (Å²) in [6.45, 7) is 3.72. The van der Waals surface area contributed by atoms with Crippen LogP contribution in [-0.4, -0.2) is 11.8 Å². The van der Waals surface area contributed by atoms with Gasteiger partial charge in [-0.15, -0.1) is 11.3 Å². The average molecular weight is 400 g/mol. The topological polar surface area (TPSA) is 72.2 Å². The van der Waals surface area contributed by atoms with Crippen LogP contribution in [0.1, 0.15) is 31.2 Å². The third-order valence-corrected chi connectivity index (χ3v) is 4.74. The van der Waals surface area contributed by atoms with Gasteiger partial charge in [-0.3, -0.25) is 9.59 Å². The van der Waals surface area contributed by atoms with Gasteiger partial charge < -0.3 is 11.1 Å². The number of thiophene rings is 1. The van der Waals surface area contributed by atoms with E-state index < -0.39 is 5.91 Å². The first-order chi connectivity index (χ1) is 9.40. The van der Waals surface area contributed by atoms with Gasteiger partial charge in [-0.2, -0.15) is 0 Å². The zero-order chi connectivity index (χ0) is 14.9. The third kappa shape index (κ3) is 3.01. The molecule has 3 N–H and O–H groups in total. The van der Waals surface area contributed by atoms with E-state index in [-0.39, 0.29) is 5.91 Å². The lowest BCUT2D eigenvalue weighted by molar-refractivity contribution is 0.100. The highest BCUT2D eigenvalue weighted by Gasteiger charge is 2.19. The molecule has 6 heteroatoms. The molecule has 0 radical (unpaired) electrons. The molecule has 4 nitrogen and oxygen atoms in total. The van der Waals surface area contributed by atoms with Crippen LogP contribution in [0.5, 0.6) is 0 Å². The summed E-state index contributed by atoms with van der Waals surface area (Å²) in [5.41, 5.74) is 7.15. The molecule has 20 heavy (non-hydrogen) atoms. The SMILES string of the molecule is Cc1sc(NC(=O)c2cccc(I)c2)c(C(N)=O)c1C. The molecule has 2 aromatic rings. The van der Waals surface area contributed by atoms with E-state index in [0.29, 0.717) is 16.1 Å². The van der Waals surface area contributed by atoms with Crippen LogP contribution in [-0.2, 0) is 0 Å². The normalized spacial score (nSPS) is 10.3. The number of nitrogens with one attached hydrogen (secondary N) is 1. The zero-order valence-corrected chi connectivity index (χ0v) is 14.0. The standard InChI is InChI=1S/C14H13IN2O2S/c1-7-8(2)20-14(11(7)12(16)18)17-13(19)9-4-3-5-10(15)6-9/h3-6H,1-2H3,(H2,16,18)(H,17,19). The van der Waals surface area contributed by atoms with E-state index in [4.69, 9.17) is 5.73 Å². The van der Waals surface area contributed by atoms with Gasteiger partial charge in [0.25, 0.3) is 11.8 Å². The van der Waals surface area contributed by atoms with Crippen molar-refractivity contribution in [3.8, 4) is 0 Å². The number of carbonyl (C=O) groups is 2. The molecule has 0 aliphatic carbocycles. The van der Waals surface area contributed by atoms with Crippen molar-refractivity contribution in [1.82, 2.24) is 0 Å². The fourth-order valence-corrected chi connectivity index (χ4v) is 3.42. The van der Waals surface area contributed by atoms with Crippen molar-refractivity contribution in [2.45, 2.75) is 13.8 Å². The van der Waals surface area contributed by atoms with Gasteiger partial charge in [0.1, 0.15) is 5.00 Å². The Hall–Kier alpha value is -1.41. The van der Waals surface area contributed by atoms with Crippen molar-refractivity contribution in [2.24, 2.45) is 5.73 Å². The number of amides is 2. The van der Waals surface area contributed by atoms with Gasteiger partial charge in [0.05, 0.1) is 5.56 Å². The summed E-state index contributed by atoms with van der Waals surface area (Å²) in [5.74, 6) is -0.767. The van der Waals surface area contributed by atoms with Crippen LogP contribution >= 0.6 is 33.9 Å². The van der Waals surface area contributed by atoms with E-state index in [1.807, 2.05) is 26.0 Å². The summed E-state index contributed by atoms with van der Waals surface area (Å²) in [7, 11) is 0. The van der Waals surface area contributed by atoms with Crippen molar-refractivity contribution in [3.63, 3.8) is 0 Å². The fourth-order valence-electron chi connectivity index (χ4n) is 1.82. The van der Waals surface area contributed by atoms with Crippen molar-refractivity contribution < 1.29 is 9.59 Å². The smallest absolute Gasteiger partial charge is 0.256 e. The molecule has 0 unspecified atom stereocenters. The summed E-state index contributed by atoms with van der Waals surface area (Å²) in [5, 5.41) is 3.28. The monoisotopic (exact) mass is 400 g/mol. The fraction of sp³-hybridized carbons (Fsp3) is 0.143. The van der Waals surface area contributed by atoms with Gasteiger partial charge in [-0.25, -0.2) is 0 Å². The number of benzene rings is 1. The largest absolute Gasteiger partial charge is 0.365 e. The first-order valence-electron chi connectivity index (χ1n) is 5.87. The van der Waals surface area contributed by atoms with Crippen molar-refractivity contribution in [3.05, 3.63) is 49.4 Å². The van der Waals surface area contributed by atoms with E-state index >= 15 is 0 Å². The molecule has 0 saturated heterocycles. The van der Waals surface area contributed by atoms with Crippen LogP contribution in [0, 0.1) is 17.4 Å². The van der Waals surface area contributed by atoms with Gasteiger partial charge in [-0.1, -0.05) is 6.07 Å². The molecule has 0 saturated carbocycles. The van der Waals surface area contributed by atoms with Crippen LogP contribution in [0.4, 0.5) is 5.00 Å². The van der Waals surface area contributed by atoms with E-state index in [9.17, 15) is 9.59 Å². The predicted molar refractivity (Wildman–Crippen MR) is 89.4 cm³/mol. The number of hydrogen-bond acceptors (Lipinski definition) is 3. The maximum Gasteiger partial charge on any atom is 0.256 e. The molecular formula is C14H13IN2O2S. The van der Waals surface area contributed by atoms with Crippen LogP contribution in [0.3, 0.4) is 0 Å². The molecule has 104 valence electrons. The molecule has 1 heterocycles. The van der Waals surface area contributed by atoms with Gasteiger partial charge in [0.15, 0.2) is 0 Å². The van der Waals surface area contributed by atoms with Gasteiger partial charge in [0, 0.05) is 14.0 Å². The van der Waals surface area contributed by atoms with Crippen LogP contribution in [0.15, 0.2) is 24.3 Å². The third-order valence-electron chi connectivity index (χ3n) is 2.95. The maximum atomic E-state index is 12.2. The Labute approximate surface area is 134 Å². The molecule has 2 amide bonds.